The van der Waals surface area contributed by atoms with E-state index in [0.29, 0.717) is 28.1 Å². The summed E-state index contributed by atoms with van der Waals surface area (Å²) in [7, 11) is 0. The SMILES string of the molecule is CC(C)CC(C)(O)CNC(=O)Nc1cc(Cl)ccc1Cl. The zero-order valence-electron chi connectivity index (χ0n) is 11.8. The fourth-order valence-corrected chi connectivity index (χ4v) is 2.32. The van der Waals surface area contributed by atoms with Crippen LogP contribution in [0.3, 0.4) is 0 Å². The number of urea groups is 1. The van der Waals surface area contributed by atoms with Crippen LogP contribution in [0.2, 0.25) is 10.0 Å². The predicted octanol–water partition coefficient (Wildman–Crippen LogP) is 3.91. The quantitative estimate of drug-likeness (QED) is 0.770. The fourth-order valence-electron chi connectivity index (χ4n) is 1.98. The van der Waals surface area contributed by atoms with E-state index in [4.69, 9.17) is 23.2 Å². The van der Waals surface area contributed by atoms with Crippen molar-refractivity contribution in [1.82, 2.24) is 5.32 Å². The first-order valence-corrected chi connectivity index (χ1v) is 7.17. The molecule has 0 aliphatic heterocycles. The third-order valence-corrected chi connectivity index (χ3v) is 3.22. The van der Waals surface area contributed by atoms with Gasteiger partial charge in [0, 0.05) is 11.6 Å². The first kappa shape index (κ1) is 17.1. The van der Waals surface area contributed by atoms with Crippen LogP contribution in [0.15, 0.2) is 18.2 Å². The average molecular weight is 319 g/mol. The number of halogens is 2. The summed E-state index contributed by atoms with van der Waals surface area (Å²) in [4.78, 5) is 11.8. The third-order valence-electron chi connectivity index (χ3n) is 2.65. The summed E-state index contributed by atoms with van der Waals surface area (Å²) in [6.45, 7) is 5.88. The highest BCUT2D eigenvalue weighted by atomic mass is 35.5. The van der Waals surface area contributed by atoms with E-state index in [9.17, 15) is 9.90 Å². The molecule has 2 amide bonds. The first-order valence-electron chi connectivity index (χ1n) is 6.42. The summed E-state index contributed by atoms with van der Waals surface area (Å²) < 4.78 is 0. The van der Waals surface area contributed by atoms with Crippen molar-refractivity contribution in [2.45, 2.75) is 32.8 Å². The van der Waals surface area contributed by atoms with E-state index >= 15 is 0 Å². The lowest BCUT2D eigenvalue weighted by atomic mass is 9.94. The lowest BCUT2D eigenvalue weighted by Crippen LogP contribution is -2.43. The van der Waals surface area contributed by atoms with E-state index in [1.807, 2.05) is 13.8 Å². The molecule has 1 atom stereocenters. The van der Waals surface area contributed by atoms with Gasteiger partial charge in [-0.15, -0.1) is 0 Å². The number of anilines is 1. The van der Waals surface area contributed by atoms with Crippen molar-refractivity contribution in [2.75, 3.05) is 11.9 Å². The number of amides is 2. The van der Waals surface area contributed by atoms with E-state index < -0.39 is 11.6 Å². The largest absolute Gasteiger partial charge is 0.388 e. The third kappa shape index (κ3) is 5.99. The molecule has 0 fully saturated rings. The standard InChI is InChI=1S/C14H20Cl2N2O2/c1-9(2)7-14(3,20)8-17-13(19)18-12-6-10(15)4-5-11(12)16/h4-6,9,20H,7-8H2,1-3H3,(H2,17,18,19). The molecule has 4 nitrogen and oxygen atoms in total. The second-order valence-corrected chi connectivity index (χ2v) is 6.37. The summed E-state index contributed by atoms with van der Waals surface area (Å²) in [6, 6.07) is 4.38. The van der Waals surface area contributed by atoms with Gasteiger partial charge in [-0.3, -0.25) is 0 Å². The molecular formula is C14H20Cl2N2O2. The minimum Gasteiger partial charge on any atom is -0.388 e. The van der Waals surface area contributed by atoms with Crippen LogP contribution in [0.4, 0.5) is 10.5 Å². The number of aliphatic hydroxyl groups is 1. The Bertz CT molecular complexity index is 476. The maximum absolute atomic E-state index is 11.8. The van der Waals surface area contributed by atoms with Crippen LogP contribution in [0.5, 0.6) is 0 Å². The number of hydrogen-bond acceptors (Lipinski definition) is 2. The van der Waals surface area contributed by atoms with Gasteiger partial charge in [0.15, 0.2) is 0 Å². The van der Waals surface area contributed by atoms with Crippen molar-refractivity contribution in [2.24, 2.45) is 5.92 Å². The zero-order valence-corrected chi connectivity index (χ0v) is 13.3. The Balaban J connectivity index is 2.54. The fraction of sp³-hybridized carbons (Fsp3) is 0.500. The minimum absolute atomic E-state index is 0.162. The lowest BCUT2D eigenvalue weighted by Gasteiger charge is -2.25. The maximum atomic E-state index is 11.8. The van der Waals surface area contributed by atoms with Crippen molar-refractivity contribution >= 4 is 34.9 Å². The van der Waals surface area contributed by atoms with E-state index in [-0.39, 0.29) is 6.54 Å². The van der Waals surface area contributed by atoms with Gasteiger partial charge in [-0.1, -0.05) is 37.0 Å². The number of benzene rings is 1. The molecule has 1 aromatic carbocycles. The van der Waals surface area contributed by atoms with Gasteiger partial charge >= 0.3 is 6.03 Å². The molecule has 0 saturated heterocycles. The summed E-state index contributed by atoms with van der Waals surface area (Å²) in [5.41, 5.74) is -0.510. The van der Waals surface area contributed by atoms with Crippen molar-refractivity contribution < 1.29 is 9.90 Å². The van der Waals surface area contributed by atoms with Gasteiger partial charge in [0.1, 0.15) is 0 Å². The second kappa shape index (κ2) is 7.16. The van der Waals surface area contributed by atoms with Crippen LogP contribution in [0, 0.1) is 5.92 Å². The molecule has 0 aliphatic carbocycles. The number of rotatable bonds is 5. The second-order valence-electron chi connectivity index (χ2n) is 5.53. The summed E-state index contributed by atoms with van der Waals surface area (Å²) in [6.07, 6.45) is 0.602. The summed E-state index contributed by atoms with van der Waals surface area (Å²) in [5.74, 6) is 0.345. The van der Waals surface area contributed by atoms with Gasteiger partial charge < -0.3 is 15.7 Å². The molecule has 1 aromatic rings. The Morgan fingerprint density at radius 3 is 2.65 bits per heavy atom. The molecule has 1 rings (SSSR count). The normalized spacial score (nSPS) is 13.9. The molecule has 0 saturated carbocycles. The van der Waals surface area contributed by atoms with Crippen molar-refractivity contribution in [1.29, 1.82) is 0 Å². The highest BCUT2D eigenvalue weighted by Crippen LogP contribution is 2.25. The van der Waals surface area contributed by atoms with E-state index in [1.165, 1.54) is 0 Å². The van der Waals surface area contributed by atoms with Gasteiger partial charge in [-0.25, -0.2) is 4.79 Å². The van der Waals surface area contributed by atoms with Crippen molar-refractivity contribution in [3.63, 3.8) is 0 Å². The Labute approximate surface area is 129 Å². The Morgan fingerprint density at radius 1 is 1.40 bits per heavy atom. The van der Waals surface area contributed by atoms with Gasteiger partial charge in [-0.05, 0) is 37.5 Å². The molecule has 3 N–H and O–H groups in total. The predicted molar refractivity (Wildman–Crippen MR) is 83.6 cm³/mol. The maximum Gasteiger partial charge on any atom is 0.319 e. The zero-order chi connectivity index (χ0) is 15.3. The van der Waals surface area contributed by atoms with E-state index in [0.717, 1.165) is 0 Å². The number of carbonyl (C=O) groups is 1. The average Bonchev–Trinajstić information content (AvgIpc) is 2.30. The van der Waals surface area contributed by atoms with Crippen LogP contribution in [-0.2, 0) is 0 Å². The minimum atomic E-state index is -0.941. The van der Waals surface area contributed by atoms with Gasteiger partial charge in [-0.2, -0.15) is 0 Å². The monoisotopic (exact) mass is 318 g/mol. The summed E-state index contributed by atoms with van der Waals surface area (Å²) in [5, 5.41) is 16.2. The van der Waals surface area contributed by atoms with Crippen LogP contribution < -0.4 is 10.6 Å². The van der Waals surface area contributed by atoms with Crippen LogP contribution in [0.25, 0.3) is 0 Å². The number of nitrogens with one attached hydrogen (secondary N) is 2. The smallest absolute Gasteiger partial charge is 0.319 e. The van der Waals surface area contributed by atoms with E-state index in [1.54, 1.807) is 25.1 Å². The molecule has 0 bridgehead atoms. The van der Waals surface area contributed by atoms with Gasteiger partial charge in [0.05, 0.1) is 16.3 Å². The topological polar surface area (TPSA) is 61.4 Å². The van der Waals surface area contributed by atoms with Gasteiger partial charge in [0.2, 0.25) is 0 Å². The molecule has 20 heavy (non-hydrogen) atoms. The number of carbonyl (C=O) groups excluding carboxylic acids is 1. The van der Waals surface area contributed by atoms with E-state index in [2.05, 4.69) is 10.6 Å². The molecule has 0 heterocycles. The Kier molecular flexibility index (Phi) is 6.11. The highest BCUT2D eigenvalue weighted by Gasteiger charge is 2.22. The van der Waals surface area contributed by atoms with Crippen LogP contribution in [-0.4, -0.2) is 23.3 Å². The first-order chi connectivity index (χ1) is 9.19. The van der Waals surface area contributed by atoms with Crippen molar-refractivity contribution in [3.8, 4) is 0 Å². The van der Waals surface area contributed by atoms with Gasteiger partial charge in [0.25, 0.3) is 0 Å². The molecule has 0 aliphatic rings. The molecular weight excluding hydrogens is 299 g/mol. The Hall–Kier alpha value is -0.970. The Morgan fingerprint density at radius 2 is 2.05 bits per heavy atom. The molecule has 0 spiro atoms. The lowest BCUT2D eigenvalue weighted by molar-refractivity contribution is 0.0413. The van der Waals surface area contributed by atoms with Crippen LogP contribution >= 0.6 is 23.2 Å². The molecule has 112 valence electrons. The number of hydrogen-bond donors (Lipinski definition) is 3. The summed E-state index contributed by atoms with van der Waals surface area (Å²) >= 11 is 11.8. The van der Waals surface area contributed by atoms with Crippen molar-refractivity contribution in [3.05, 3.63) is 28.2 Å². The molecule has 1 unspecified atom stereocenters. The van der Waals surface area contributed by atoms with Crippen LogP contribution in [0.1, 0.15) is 27.2 Å². The highest BCUT2D eigenvalue weighted by molar-refractivity contribution is 6.35. The molecule has 0 aromatic heterocycles. The molecule has 0 radical (unpaired) electrons. The molecule has 6 heteroatoms.